The molecule has 0 saturated carbocycles. The number of anilines is 1. The molecule has 1 saturated heterocycles. The third-order valence-electron chi connectivity index (χ3n) is 4.70. The summed E-state index contributed by atoms with van der Waals surface area (Å²) in [6.07, 6.45) is 0.939. The lowest BCUT2D eigenvalue weighted by molar-refractivity contribution is -0.117. The number of hydrogen-bond acceptors (Lipinski definition) is 4. The maximum absolute atomic E-state index is 12.3. The number of benzene rings is 2. The van der Waals surface area contributed by atoms with Crippen molar-refractivity contribution >= 4 is 17.6 Å². The lowest BCUT2D eigenvalue weighted by atomic mass is 10.1. The minimum absolute atomic E-state index is 0.0208. The lowest BCUT2D eigenvalue weighted by Gasteiger charge is -2.18. The number of hydrogen-bond donors (Lipinski definition) is 2. The van der Waals surface area contributed by atoms with E-state index in [1.165, 1.54) is 0 Å². The first-order valence-electron chi connectivity index (χ1n) is 9.21. The minimum Gasteiger partial charge on any atom is -0.497 e. The van der Waals surface area contributed by atoms with Gasteiger partial charge in [0, 0.05) is 31.3 Å². The number of ether oxygens (including phenoxy) is 2. The standard InChI is InChI=1S/C21H25N3O4/c1-27-18-8-5-7-17(13-18)24-14-16(12-20(24)25)23-21(26)22-11-10-15-6-3-4-9-19(15)28-2/h3-9,13,16H,10-12,14H2,1-2H3,(H2,22,23,26)/t16-/m0/s1. The van der Waals surface area contributed by atoms with E-state index in [1.54, 1.807) is 19.1 Å². The van der Waals surface area contributed by atoms with Crippen molar-refractivity contribution in [1.29, 1.82) is 0 Å². The summed E-state index contributed by atoms with van der Waals surface area (Å²) in [5.41, 5.74) is 1.80. The molecule has 0 aliphatic carbocycles. The normalized spacial score (nSPS) is 16.0. The van der Waals surface area contributed by atoms with Crippen molar-refractivity contribution in [2.75, 3.05) is 32.2 Å². The smallest absolute Gasteiger partial charge is 0.315 e. The van der Waals surface area contributed by atoms with E-state index in [0.29, 0.717) is 25.3 Å². The van der Waals surface area contributed by atoms with E-state index in [9.17, 15) is 9.59 Å². The van der Waals surface area contributed by atoms with Gasteiger partial charge in [-0.3, -0.25) is 4.79 Å². The number of rotatable bonds is 7. The molecule has 3 rings (SSSR count). The van der Waals surface area contributed by atoms with Crippen LogP contribution in [0, 0.1) is 0 Å². The molecule has 3 amide bonds. The first-order valence-corrected chi connectivity index (χ1v) is 9.21. The third-order valence-corrected chi connectivity index (χ3v) is 4.70. The van der Waals surface area contributed by atoms with Crippen LogP contribution in [0.2, 0.25) is 0 Å². The quantitative estimate of drug-likeness (QED) is 0.769. The maximum Gasteiger partial charge on any atom is 0.315 e. The molecule has 0 radical (unpaired) electrons. The number of nitrogens with zero attached hydrogens (tertiary/aromatic N) is 1. The highest BCUT2D eigenvalue weighted by Gasteiger charge is 2.31. The van der Waals surface area contributed by atoms with Crippen LogP contribution in [0.1, 0.15) is 12.0 Å². The van der Waals surface area contributed by atoms with Crippen LogP contribution in [0.15, 0.2) is 48.5 Å². The van der Waals surface area contributed by atoms with E-state index in [4.69, 9.17) is 9.47 Å². The Balaban J connectivity index is 1.49. The Hall–Kier alpha value is -3.22. The molecule has 1 fully saturated rings. The lowest BCUT2D eigenvalue weighted by Crippen LogP contribution is -2.43. The summed E-state index contributed by atoms with van der Waals surface area (Å²) in [7, 11) is 3.22. The molecule has 148 valence electrons. The van der Waals surface area contributed by atoms with Gasteiger partial charge in [0.1, 0.15) is 11.5 Å². The molecular weight excluding hydrogens is 358 g/mol. The van der Waals surface area contributed by atoms with Gasteiger partial charge >= 0.3 is 6.03 Å². The minimum atomic E-state index is -0.278. The maximum atomic E-state index is 12.3. The SMILES string of the molecule is COc1cccc(N2C[C@@H](NC(=O)NCCc3ccccc3OC)CC2=O)c1. The summed E-state index contributed by atoms with van der Waals surface area (Å²) in [5, 5.41) is 5.72. The Morgan fingerprint density at radius 1 is 1.14 bits per heavy atom. The average molecular weight is 383 g/mol. The van der Waals surface area contributed by atoms with Crippen LogP contribution in [0.3, 0.4) is 0 Å². The van der Waals surface area contributed by atoms with Gasteiger partial charge in [0.15, 0.2) is 0 Å². The third kappa shape index (κ3) is 4.73. The van der Waals surface area contributed by atoms with Crippen LogP contribution in [-0.4, -0.2) is 45.3 Å². The van der Waals surface area contributed by atoms with Crippen LogP contribution in [0.5, 0.6) is 11.5 Å². The summed E-state index contributed by atoms with van der Waals surface area (Å²) < 4.78 is 10.5. The van der Waals surface area contributed by atoms with Crippen LogP contribution >= 0.6 is 0 Å². The fourth-order valence-corrected chi connectivity index (χ4v) is 3.29. The molecule has 0 aromatic heterocycles. The second kappa shape index (κ2) is 9.12. The Kier molecular flexibility index (Phi) is 6.37. The van der Waals surface area contributed by atoms with E-state index in [0.717, 1.165) is 17.0 Å². The molecule has 1 aliphatic rings. The van der Waals surface area contributed by atoms with Gasteiger partial charge in [0.25, 0.3) is 0 Å². The second-order valence-corrected chi connectivity index (χ2v) is 6.57. The molecule has 7 heteroatoms. The van der Waals surface area contributed by atoms with Gasteiger partial charge < -0.3 is 25.0 Å². The van der Waals surface area contributed by atoms with Gasteiger partial charge in [0.2, 0.25) is 5.91 Å². The average Bonchev–Trinajstić information content (AvgIpc) is 3.08. The van der Waals surface area contributed by atoms with Gasteiger partial charge in [0.05, 0.1) is 20.3 Å². The molecule has 2 aromatic carbocycles. The molecule has 7 nitrogen and oxygen atoms in total. The van der Waals surface area contributed by atoms with E-state index in [2.05, 4.69) is 10.6 Å². The number of carbonyl (C=O) groups is 2. The highest BCUT2D eigenvalue weighted by Crippen LogP contribution is 2.25. The zero-order valence-corrected chi connectivity index (χ0v) is 16.1. The first kappa shape index (κ1) is 19.5. The Bertz CT molecular complexity index is 840. The van der Waals surface area contributed by atoms with Gasteiger partial charge in [-0.25, -0.2) is 4.79 Å². The fraction of sp³-hybridized carbons (Fsp3) is 0.333. The van der Waals surface area contributed by atoms with Crippen LogP contribution in [0.25, 0.3) is 0 Å². The molecular formula is C21H25N3O4. The molecule has 1 heterocycles. The molecule has 1 aliphatic heterocycles. The van der Waals surface area contributed by atoms with Crippen LogP contribution in [-0.2, 0) is 11.2 Å². The molecule has 0 bridgehead atoms. The number of amides is 3. The number of urea groups is 1. The molecule has 2 aromatic rings. The predicted molar refractivity (Wildman–Crippen MR) is 107 cm³/mol. The van der Waals surface area contributed by atoms with Crippen LogP contribution < -0.4 is 25.0 Å². The largest absolute Gasteiger partial charge is 0.497 e. The summed E-state index contributed by atoms with van der Waals surface area (Å²) in [6, 6.07) is 14.5. The Morgan fingerprint density at radius 3 is 2.75 bits per heavy atom. The predicted octanol–water partition coefficient (Wildman–Crippen LogP) is 2.35. The second-order valence-electron chi connectivity index (χ2n) is 6.57. The molecule has 1 atom stereocenters. The molecule has 0 spiro atoms. The molecule has 0 unspecified atom stereocenters. The van der Waals surface area contributed by atoms with Gasteiger partial charge in [-0.15, -0.1) is 0 Å². The van der Waals surface area contributed by atoms with Crippen molar-refractivity contribution in [1.82, 2.24) is 10.6 Å². The zero-order chi connectivity index (χ0) is 19.9. The summed E-state index contributed by atoms with van der Waals surface area (Å²) in [6.45, 7) is 0.915. The van der Waals surface area contributed by atoms with Crippen molar-refractivity contribution in [3.8, 4) is 11.5 Å². The monoisotopic (exact) mass is 383 g/mol. The van der Waals surface area contributed by atoms with Crippen LogP contribution in [0.4, 0.5) is 10.5 Å². The molecule has 28 heavy (non-hydrogen) atoms. The Labute approximate surface area is 164 Å². The van der Waals surface area contributed by atoms with Gasteiger partial charge in [-0.2, -0.15) is 0 Å². The van der Waals surface area contributed by atoms with Crippen molar-refractivity contribution < 1.29 is 19.1 Å². The number of nitrogens with one attached hydrogen (secondary N) is 2. The van der Waals surface area contributed by atoms with E-state index in [-0.39, 0.29) is 24.4 Å². The van der Waals surface area contributed by atoms with Crippen molar-refractivity contribution in [2.45, 2.75) is 18.9 Å². The summed E-state index contributed by atoms with van der Waals surface area (Å²) in [5.74, 6) is 1.48. The van der Waals surface area contributed by atoms with Crippen molar-refractivity contribution in [2.24, 2.45) is 0 Å². The highest BCUT2D eigenvalue weighted by molar-refractivity contribution is 5.97. The van der Waals surface area contributed by atoms with Gasteiger partial charge in [-0.1, -0.05) is 24.3 Å². The number of para-hydroxylation sites is 1. The number of carbonyl (C=O) groups excluding carboxylic acids is 2. The van der Waals surface area contributed by atoms with Gasteiger partial charge in [-0.05, 0) is 30.2 Å². The number of methoxy groups -OCH3 is 2. The fourth-order valence-electron chi connectivity index (χ4n) is 3.29. The first-order chi connectivity index (χ1) is 13.6. The molecule has 2 N–H and O–H groups in total. The van der Waals surface area contributed by atoms with Crippen molar-refractivity contribution in [3.05, 3.63) is 54.1 Å². The highest BCUT2D eigenvalue weighted by atomic mass is 16.5. The van der Waals surface area contributed by atoms with E-state index < -0.39 is 0 Å². The zero-order valence-electron chi connectivity index (χ0n) is 16.1. The van der Waals surface area contributed by atoms with E-state index in [1.807, 2.05) is 48.5 Å². The van der Waals surface area contributed by atoms with Crippen molar-refractivity contribution in [3.63, 3.8) is 0 Å². The topological polar surface area (TPSA) is 79.9 Å². The van der Waals surface area contributed by atoms with E-state index >= 15 is 0 Å². The summed E-state index contributed by atoms with van der Waals surface area (Å²) >= 11 is 0. The Morgan fingerprint density at radius 2 is 1.96 bits per heavy atom. The summed E-state index contributed by atoms with van der Waals surface area (Å²) in [4.78, 5) is 26.2.